The molecule has 178 valence electrons. The number of likely N-dealkylation sites (tertiary alicyclic amines) is 1. The number of fused-ring (bicyclic) bond motifs is 1. The number of aromatic nitrogens is 1. The summed E-state index contributed by atoms with van der Waals surface area (Å²) in [7, 11) is 1.62. The number of methoxy groups -OCH3 is 1. The summed E-state index contributed by atoms with van der Waals surface area (Å²) in [6.07, 6.45) is 3.49. The van der Waals surface area contributed by atoms with Crippen molar-refractivity contribution in [3.8, 4) is 17.6 Å². The van der Waals surface area contributed by atoms with Crippen molar-refractivity contribution >= 4 is 28.2 Å². The van der Waals surface area contributed by atoms with Crippen molar-refractivity contribution in [2.45, 2.75) is 31.8 Å². The summed E-state index contributed by atoms with van der Waals surface area (Å²) in [6, 6.07) is 9.52. The van der Waals surface area contributed by atoms with E-state index in [0.717, 1.165) is 53.7 Å². The SMILES string of the molecule is COc1ccc2nccc([C@@H](O)CC[C@@H]3CCN(CC#Cc4ccsc4)C[C@@H]3CC(=O)O)c2c1. The summed E-state index contributed by atoms with van der Waals surface area (Å²) < 4.78 is 5.34. The molecule has 3 atom stereocenters. The molecule has 1 saturated heterocycles. The van der Waals surface area contributed by atoms with E-state index in [4.69, 9.17) is 4.74 Å². The Balaban J connectivity index is 1.39. The number of aliphatic hydroxyl groups excluding tert-OH is 1. The molecule has 0 aliphatic carbocycles. The molecule has 3 heterocycles. The van der Waals surface area contributed by atoms with Crippen LogP contribution in [0.25, 0.3) is 10.9 Å². The highest BCUT2D eigenvalue weighted by molar-refractivity contribution is 7.08. The molecule has 6 nitrogen and oxygen atoms in total. The van der Waals surface area contributed by atoms with Crippen LogP contribution in [-0.2, 0) is 4.79 Å². The average molecular weight is 479 g/mol. The predicted octanol–water partition coefficient (Wildman–Crippen LogP) is 4.58. The minimum atomic E-state index is -0.769. The highest BCUT2D eigenvalue weighted by Crippen LogP contribution is 2.34. The first kappa shape index (κ1) is 24.2. The molecule has 2 N–H and O–H groups in total. The van der Waals surface area contributed by atoms with Crippen LogP contribution in [0.4, 0.5) is 0 Å². The second-order valence-electron chi connectivity index (χ2n) is 8.83. The molecule has 0 bridgehead atoms. The Kier molecular flexibility index (Phi) is 8.17. The number of hydrogen-bond donors (Lipinski definition) is 2. The minimum Gasteiger partial charge on any atom is -0.497 e. The fourth-order valence-corrected chi connectivity index (χ4v) is 5.40. The van der Waals surface area contributed by atoms with Gasteiger partial charge in [0.05, 0.1) is 25.3 Å². The van der Waals surface area contributed by atoms with Crippen LogP contribution in [0.3, 0.4) is 0 Å². The first-order valence-electron chi connectivity index (χ1n) is 11.6. The van der Waals surface area contributed by atoms with Gasteiger partial charge in [0.25, 0.3) is 0 Å². The number of hydrogen-bond acceptors (Lipinski definition) is 6. The summed E-state index contributed by atoms with van der Waals surface area (Å²) in [5.74, 6) is 6.67. The van der Waals surface area contributed by atoms with Gasteiger partial charge in [0.15, 0.2) is 0 Å². The number of aliphatic carboxylic acids is 1. The molecule has 34 heavy (non-hydrogen) atoms. The molecular weight excluding hydrogens is 448 g/mol. The van der Waals surface area contributed by atoms with Crippen molar-refractivity contribution in [1.82, 2.24) is 9.88 Å². The average Bonchev–Trinajstić information content (AvgIpc) is 3.36. The van der Waals surface area contributed by atoms with E-state index in [0.29, 0.717) is 13.0 Å². The molecule has 1 aliphatic heterocycles. The maximum Gasteiger partial charge on any atom is 0.303 e. The third kappa shape index (κ3) is 6.15. The van der Waals surface area contributed by atoms with Crippen LogP contribution < -0.4 is 4.74 Å². The van der Waals surface area contributed by atoms with Gasteiger partial charge in [0, 0.05) is 35.5 Å². The Morgan fingerprint density at radius 1 is 1.32 bits per heavy atom. The van der Waals surface area contributed by atoms with Crippen molar-refractivity contribution in [1.29, 1.82) is 0 Å². The Hall–Kier alpha value is -2.92. The molecule has 7 heteroatoms. The van der Waals surface area contributed by atoms with Gasteiger partial charge in [0.1, 0.15) is 5.75 Å². The Labute approximate surface area is 204 Å². The zero-order valence-corrected chi connectivity index (χ0v) is 20.1. The summed E-state index contributed by atoms with van der Waals surface area (Å²) in [6.45, 7) is 2.26. The van der Waals surface area contributed by atoms with Gasteiger partial charge >= 0.3 is 5.97 Å². The molecule has 0 unspecified atom stereocenters. The van der Waals surface area contributed by atoms with Crippen molar-refractivity contribution < 1.29 is 19.7 Å². The number of thiophene rings is 1. The van der Waals surface area contributed by atoms with Crippen LogP contribution >= 0.6 is 11.3 Å². The van der Waals surface area contributed by atoms with E-state index in [2.05, 4.69) is 21.7 Å². The zero-order valence-electron chi connectivity index (χ0n) is 19.3. The summed E-state index contributed by atoms with van der Waals surface area (Å²) >= 11 is 1.63. The van der Waals surface area contributed by atoms with Crippen molar-refractivity contribution in [2.24, 2.45) is 11.8 Å². The summed E-state index contributed by atoms with van der Waals surface area (Å²) in [4.78, 5) is 18.2. The molecule has 1 aliphatic rings. The van der Waals surface area contributed by atoms with Crippen LogP contribution in [0, 0.1) is 23.7 Å². The molecule has 0 spiro atoms. The van der Waals surface area contributed by atoms with Crippen LogP contribution in [0.1, 0.15) is 42.9 Å². The number of rotatable bonds is 8. The monoisotopic (exact) mass is 478 g/mol. The van der Waals surface area contributed by atoms with Crippen LogP contribution in [0.5, 0.6) is 5.75 Å². The van der Waals surface area contributed by atoms with Crippen molar-refractivity contribution in [3.63, 3.8) is 0 Å². The largest absolute Gasteiger partial charge is 0.497 e. The second-order valence-corrected chi connectivity index (χ2v) is 9.61. The van der Waals surface area contributed by atoms with Gasteiger partial charge < -0.3 is 14.9 Å². The molecule has 1 fully saturated rings. The highest BCUT2D eigenvalue weighted by Gasteiger charge is 2.31. The lowest BCUT2D eigenvalue weighted by atomic mass is 9.79. The highest BCUT2D eigenvalue weighted by atomic mass is 32.1. The van der Waals surface area contributed by atoms with Gasteiger partial charge in [0.2, 0.25) is 0 Å². The number of nitrogens with zero attached hydrogens (tertiary/aromatic N) is 2. The maximum absolute atomic E-state index is 11.5. The number of aliphatic hydroxyl groups is 1. The molecule has 4 rings (SSSR count). The van der Waals surface area contributed by atoms with Crippen LogP contribution in [-0.4, -0.2) is 52.8 Å². The summed E-state index contributed by atoms with van der Waals surface area (Å²) in [5.41, 5.74) is 2.68. The topological polar surface area (TPSA) is 82.9 Å². The molecule has 0 saturated carbocycles. The van der Waals surface area contributed by atoms with Gasteiger partial charge in [-0.15, -0.1) is 0 Å². The van der Waals surface area contributed by atoms with Gasteiger partial charge in [-0.05, 0) is 78.9 Å². The van der Waals surface area contributed by atoms with E-state index in [1.54, 1.807) is 24.6 Å². The Bertz CT molecular complexity index is 1170. The van der Waals surface area contributed by atoms with Crippen molar-refractivity contribution in [3.05, 3.63) is 58.4 Å². The maximum atomic E-state index is 11.5. The third-order valence-electron chi connectivity index (χ3n) is 6.62. The fraction of sp³-hybridized carbons (Fsp3) is 0.407. The Morgan fingerprint density at radius 3 is 2.97 bits per heavy atom. The predicted molar refractivity (Wildman–Crippen MR) is 134 cm³/mol. The molecule has 0 radical (unpaired) electrons. The van der Waals surface area contributed by atoms with E-state index in [1.165, 1.54) is 0 Å². The molecular formula is C27H30N2O4S. The number of benzene rings is 1. The lowest BCUT2D eigenvalue weighted by Crippen LogP contribution is -2.41. The van der Waals surface area contributed by atoms with Crippen LogP contribution in [0.2, 0.25) is 0 Å². The summed E-state index contributed by atoms with van der Waals surface area (Å²) in [5, 5.41) is 25.4. The van der Waals surface area contributed by atoms with E-state index < -0.39 is 12.1 Å². The molecule has 2 aromatic heterocycles. The lowest BCUT2D eigenvalue weighted by molar-refractivity contribution is -0.139. The van der Waals surface area contributed by atoms with E-state index in [1.807, 2.05) is 41.1 Å². The number of pyridine rings is 1. The number of ether oxygens (including phenoxy) is 1. The molecule has 3 aromatic rings. The van der Waals surface area contributed by atoms with E-state index >= 15 is 0 Å². The van der Waals surface area contributed by atoms with Gasteiger partial charge in [-0.1, -0.05) is 11.8 Å². The van der Waals surface area contributed by atoms with Gasteiger partial charge in [-0.25, -0.2) is 0 Å². The van der Waals surface area contributed by atoms with Crippen LogP contribution in [0.15, 0.2) is 47.3 Å². The van der Waals surface area contributed by atoms with Gasteiger partial charge in [-0.3, -0.25) is 14.7 Å². The second kappa shape index (κ2) is 11.5. The third-order valence-corrected chi connectivity index (χ3v) is 7.30. The number of piperidine rings is 1. The van der Waals surface area contributed by atoms with E-state index in [9.17, 15) is 15.0 Å². The normalized spacial score (nSPS) is 19.4. The molecule has 0 amide bonds. The zero-order chi connectivity index (χ0) is 23.9. The fourth-order valence-electron chi connectivity index (χ4n) is 4.82. The standard InChI is InChI=1S/C27H30N2O4S/c1-33-22-5-6-25-24(16-22)23(8-11-28-25)26(30)7-4-20-9-13-29(17-21(20)15-27(31)32)12-2-3-19-10-14-34-18-19/h5-6,8,10-11,14,16,18,20-21,26,30H,4,7,9,12-13,15,17H2,1H3,(H,31,32)/t20-,21+,26+/m1/s1. The Morgan fingerprint density at radius 2 is 2.21 bits per heavy atom. The minimum absolute atomic E-state index is 0.0516. The number of carboxylic acid groups (broad SMARTS) is 1. The van der Waals surface area contributed by atoms with Crippen molar-refractivity contribution in [2.75, 3.05) is 26.7 Å². The lowest BCUT2D eigenvalue weighted by Gasteiger charge is -2.37. The first-order valence-corrected chi connectivity index (χ1v) is 12.5. The first-order chi connectivity index (χ1) is 16.5. The van der Waals surface area contributed by atoms with Gasteiger partial charge in [-0.2, -0.15) is 11.3 Å². The number of carboxylic acids is 1. The number of carbonyl (C=O) groups is 1. The van der Waals surface area contributed by atoms with E-state index in [-0.39, 0.29) is 18.3 Å². The molecule has 1 aromatic carbocycles. The smallest absolute Gasteiger partial charge is 0.303 e. The quantitative estimate of drug-likeness (QED) is 0.461.